The predicted molar refractivity (Wildman–Crippen MR) is 154 cm³/mol. The van der Waals surface area contributed by atoms with Gasteiger partial charge in [-0.05, 0) is 79.4 Å². The van der Waals surface area contributed by atoms with Crippen LogP contribution in [-0.4, -0.2) is 26.5 Å². The summed E-state index contributed by atoms with van der Waals surface area (Å²) in [6.07, 6.45) is -3.71. The van der Waals surface area contributed by atoms with Crippen molar-refractivity contribution in [1.82, 2.24) is 14.9 Å². The number of hydrogen-bond donors (Lipinski definition) is 2. The van der Waals surface area contributed by atoms with Crippen molar-refractivity contribution < 1.29 is 27.9 Å². The van der Waals surface area contributed by atoms with Crippen LogP contribution in [0.3, 0.4) is 0 Å². The molecule has 0 saturated heterocycles. The maximum atomic E-state index is 13.0. The van der Waals surface area contributed by atoms with Gasteiger partial charge < -0.3 is 15.0 Å². The first-order chi connectivity index (χ1) is 19.9. The molecule has 1 amide bonds. The van der Waals surface area contributed by atoms with E-state index >= 15 is 0 Å². The number of nitrogens with one attached hydrogen (secondary N) is 1. The van der Waals surface area contributed by atoms with Crippen LogP contribution in [0.4, 0.5) is 13.2 Å². The molecule has 214 valence electrons. The lowest BCUT2D eigenvalue weighted by molar-refractivity contribution is -0.137. The fraction of sp³-hybridized carbons (Fsp3) is 0.182. The summed E-state index contributed by atoms with van der Waals surface area (Å²) in [5, 5.41) is 13.3. The summed E-state index contributed by atoms with van der Waals surface area (Å²) in [7, 11) is 0. The van der Waals surface area contributed by atoms with Crippen molar-refractivity contribution in [3.05, 3.63) is 124 Å². The van der Waals surface area contributed by atoms with E-state index in [1.54, 1.807) is 31.2 Å². The van der Waals surface area contributed by atoms with Crippen molar-refractivity contribution >= 4 is 22.8 Å². The number of rotatable bonds is 7. The number of carboxylic acids is 1. The Morgan fingerprint density at radius 1 is 0.976 bits per heavy atom. The normalized spacial score (nSPS) is 12.3. The topological polar surface area (TPSA) is 84.2 Å². The third-order valence-electron chi connectivity index (χ3n) is 7.57. The number of fused-ring (bicyclic) bond motifs is 1. The van der Waals surface area contributed by atoms with Crippen LogP contribution in [-0.2, 0) is 12.7 Å². The Hall–Kier alpha value is -4.92. The number of carbonyl (C=O) groups excluding carboxylic acids is 1. The lowest BCUT2D eigenvalue weighted by Crippen LogP contribution is -2.27. The minimum absolute atomic E-state index is 0.248. The van der Waals surface area contributed by atoms with Crippen LogP contribution in [0.1, 0.15) is 61.8 Å². The number of alkyl halides is 3. The molecule has 2 aromatic heterocycles. The zero-order valence-corrected chi connectivity index (χ0v) is 23.2. The number of aromatic nitrogens is 2. The van der Waals surface area contributed by atoms with Gasteiger partial charge in [0.25, 0.3) is 5.91 Å². The molecule has 1 atom stereocenters. The highest BCUT2D eigenvalue weighted by Gasteiger charge is 2.31. The van der Waals surface area contributed by atoms with Gasteiger partial charge in [0.2, 0.25) is 0 Å². The van der Waals surface area contributed by atoms with Crippen LogP contribution >= 0.6 is 0 Å². The van der Waals surface area contributed by atoms with Crippen molar-refractivity contribution in [3.63, 3.8) is 0 Å². The molecule has 5 aromatic rings. The first-order valence-electron chi connectivity index (χ1n) is 13.3. The number of hydrogen-bond acceptors (Lipinski definition) is 3. The van der Waals surface area contributed by atoms with E-state index in [4.69, 9.17) is 0 Å². The second-order valence-corrected chi connectivity index (χ2v) is 10.2. The second kappa shape index (κ2) is 11.2. The molecule has 0 spiro atoms. The van der Waals surface area contributed by atoms with Gasteiger partial charge >= 0.3 is 12.1 Å². The highest BCUT2D eigenvalue weighted by Crippen LogP contribution is 2.30. The highest BCUT2D eigenvalue weighted by molar-refractivity contribution is 5.99. The Kier molecular flexibility index (Phi) is 7.60. The Labute approximate surface area is 240 Å². The highest BCUT2D eigenvalue weighted by atomic mass is 19.4. The van der Waals surface area contributed by atoms with Crippen molar-refractivity contribution in [3.8, 4) is 11.1 Å². The summed E-state index contributed by atoms with van der Waals surface area (Å²) in [6.45, 7) is 6.27. The van der Waals surface area contributed by atoms with Crippen LogP contribution in [0.15, 0.2) is 85.1 Å². The van der Waals surface area contributed by atoms with Crippen LogP contribution in [0.25, 0.3) is 22.0 Å². The van der Waals surface area contributed by atoms with Crippen molar-refractivity contribution in [1.29, 1.82) is 0 Å². The number of carbonyl (C=O) groups is 2. The number of aryl methyl sites for hydroxylation is 1. The molecule has 3 aromatic carbocycles. The van der Waals surface area contributed by atoms with Gasteiger partial charge in [0.1, 0.15) is 0 Å². The molecular weight excluding hydrogens is 543 g/mol. The molecule has 9 heteroatoms. The number of benzene rings is 3. The van der Waals surface area contributed by atoms with E-state index in [0.29, 0.717) is 23.4 Å². The number of halogens is 3. The molecule has 0 aliphatic rings. The van der Waals surface area contributed by atoms with Gasteiger partial charge in [0, 0.05) is 34.9 Å². The minimum Gasteiger partial charge on any atom is -0.478 e. The molecule has 2 heterocycles. The van der Waals surface area contributed by atoms with Crippen LogP contribution in [0.5, 0.6) is 0 Å². The summed E-state index contributed by atoms with van der Waals surface area (Å²) in [5.41, 5.74) is 5.71. The number of nitrogens with zero attached hydrogens (tertiary/aromatic N) is 2. The van der Waals surface area contributed by atoms with Crippen LogP contribution < -0.4 is 5.32 Å². The van der Waals surface area contributed by atoms with Gasteiger partial charge in [-0.2, -0.15) is 13.2 Å². The van der Waals surface area contributed by atoms with Gasteiger partial charge in [-0.15, -0.1) is 0 Å². The molecule has 0 saturated carbocycles. The summed E-state index contributed by atoms with van der Waals surface area (Å²) < 4.78 is 40.7. The molecule has 0 fully saturated rings. The lowest BCUT2D eigenvalue weighted by Gasteiger charge is -2.15. The van der Waals surface area contributed by atoms with E-state index in [-0.39, 0.29) is 11.5 Å². The first kappa shape index (κ1) is 28.6. The van der Waals surface area contributed by atoms with E-state index in [9.17, 15) is 27.9 Å². The zero-order chi connectivity index (χ0) is 30.2. The maximum absolute atomic E-state index is 13.0. The van der Waals surface area contributed by atoms with E-state index in [2.05, 4.69) is 14.9 Å². The van der Waals surface area contributed by atoms with Crippen LogP contribution in [0, 0.1) is 13.8 Å². The van der Waals surface area contributed by atoms with Gasteiger partial charge in [-0.25, -0.2) is 4.79 Å². The van der Waals surface area contributed by atoms with E-state index < -0.39 is 23.8 Å². The molecule has 0 aliphatic carbocycles. The average molecular weight is 572 g/mol. The number of amides is 1. The standard InChI is InChI=1S/C33H28F3N3O3/c1-19-21(3)39(18-22-8-10-23(11-9-22)26-6-4-5-7-27(26)32(41)42)30-15-12-24(16-28(19)30)31(40)38-20(2)29-14-13-25(17-37-29)33(34,35)36/h4-17,20H,18H2,1-3H3,(H,38,40)(H,41,42). The maximum Gasteiger partial charge on any atom is 0.417 e. The molecule has 0 bridgehead atoms. The van der Waals surface area contributed by atoms with Gasteiger partial charge in [0.05, 0.1) is 22.9 Å². The molecular formula is C33H28F3N3O3. The molecule has 0 radical (unpaired) electrons. The summed E-state index contributed by atoms with van der Waals surface area (Å²) >= 11 is 0. The Morgan fingerprint density at radius 2 is 1.69 bits per heavy atom. The van der Waals surface area contributed by atoms with Crippen LogP contribution in [0.2, 0.25) is 0 Å². The summed E-state index contributed by atoms with van der Waals surface area (Å²) in [4.78, 5) is 28.6. The van der Waals surface area contributed by atoms with Gasteiger partial charge in [0.15, 0.2) is 0 Å². The third-order valence-corrected chi connectivity index (χ3v) is 7.57. The minimum atomic E-state index is -4.47. The summed E-state index contributed by atoms with van der Waals surface area (Å²) in [5.74, 6) is -1.33. The number of aromatic carboxylic acids is 1. The molecule has 2 N–H and O–H groups in total. The number of pyridine rings is 1. The molecule has 5 rings (SSSR count). The van der Waals surface area contributed by atoms with E-state index in [0.717, 1.165) is 45.6 Å². The van der Waals surface area contributed by atoms with E-state index in [1.165, 1.54) is 6.07 Å². The first-order valence-corrected chi connectivity index (χ1v) is 13.3. The lowest BCUT2D eigenvalue weighted by atomic mass is 9.99. The predicted octanol–water partition coefficient (Wildman–Crippen LogP) is 7.58. The second-order valence-electron chi connectivity index (χ2n) is 10.2. The third kappa shape index (κ3) is 5.63. The monoisotopic (exact) mass is 571 g/mol. The SMILES string of the molecule is Cc1c(C)n(Cc2ccc(-c3ccccc3C(=O)O)cc2)c2ccc(C(=O)NC(C)c3ccc(C(F)(F)F)cn3)cc12. The molecule has 0 aliphatic heterocycles. The number of carboxylic acid groups (broad SMARTS) is 1. The summed E-state index contributed by atoms with van der Waals surface area (Å²) in [6, 6.07) is 21.8. The largest absolute Gasteiger partial charge is 0.478 e. The Bertz CT molecular complexity index is 1790. The van der Waals surface area contributed by atoms with Gasteiger partial charge in [-0.3, -0.25) is 9.78 Å². The molecule has 42 heavy (non-hydrogen) atoms. The smallest absolute Gasteiger partial charge is 0.417 e. The fourth-order valence-corrected chi connectivity index (χ4v) is 5.07. The fourth-order valence-electron chi connectivity index (χ4n) is 5.07. The quantitative estimate of drug-likeness (QED) is 0.211. The zero-order valence-electron chi connectivity index (χ0n) is 23.2. The van der Waals surface area contributed by atoms with Gasteiger partial charge in [-0.1, -0.05) is 42.5 Å². The van der Waals surface area contributed by atoms with Crippen molar-refractivity contribution in [2.24, 2.45) is 0 Å². The van der Waals surface area contributed by atoms with E-state index in [1.807, 2.05) is 56.3 Å². The Morgan fingerprint density at radius 3 is 2.33 bits per heavy atom. The average Bonchev–Trinajstić information content (AvgIpc) is 3.21. The molecule has 1 unspecified atom stereocenters. The van der Waals surface area contributed by atoms with Crippen molar-refractivity contribution in [2.75, 3.05) is 0 Å². The van der Waals surface area contributed by atoms with Crippen molar-refractivity contribution in [2.45, 2.75) is 39.5 Å². The Balaban J connectivity index is 1.35. The molecule has 6 nitrogen and oxygen atoms in total.